The number of fused-ring (bicyclic) bond motifs is 11. The summed E-state index contributed by atoms with van der Waals surface area (Å²) in [5, 5.41) is 12.1. The van der Waals surface area contributed by atoms with E-state index in [1.54, 1.807) is 0 Å². The van der Waals surface area contributed by atoms with Gasteiger partial charge in [-0.3, -0.25) is 0 Å². The Bertz CT molecular complexity index is 4640. The third-order valence-corrected chi connectivity index (χ3v) is 15.4. The molecule has 5 nitrogen and oxygen atoms in total. The molecule has 4 heterocycles. The molecule has 0 atom stereocenters. The average Bonchev–Trinajstić information content (AvgIpc) is 4.08. The number of para-hydroxylation sites is 3. The van der Waals surface area contributed by atoms with Crippen LogP contribution in [0.3, 0.4) is 0 Å². The second-order valence-corrected chi connectivity index (χ2v) is 19.5. The van der Waals surface area contributed by atoms with Crippen LogP contribution in [0.1, 0.15) is 0 Å². The highest BCUT2D eigenvalue weighted by Crippen LogP contribution is 2.46. The largest absolute Gasteiger partial charge is 0.309 e. The zero-order chi connectivity index (χ0) is 46.6. The molecule has 0 radical (unpaired) electrons. The fourth-order valence-corrected chi connectivity index (χ4v) is 12.2. The molecule has 0 aliphatic rings. The summed E-state index contributed by atoms with van der Waals surface area (Å²) in [4.78, 5) is 16.0. The van der Waals surface area contributed by atoms with Crippen molar-refractivity contribution >= 4 is 96.7 Å². The third-order valence-electron chi connectivity index (χ3n) is 14.3. The third kappa shape index (κ3) is 6.28. The summed E-state index contributed by atoms with van der Waals surface area (Å²) in [6, 6.07) is 85.2. The van der Waals surface area contributed by atoms with E-state index >= 15 is 0 Å². The first kappa shape index (κ1) is 39.7. The maximum Gasteiger partial charge on any atom is 0.164 e. The molecule has 0 aliphatic carbocycles. The van der Waals surface area contributed by atoms with Gasteiger partial charge in [0.15, 0.2) is 17.5 Å². The monoisotopic (exact) mass is 921 g/mol. The maximum atomic E-state index is 5.42. The Morgan fingerprint density at radius 1 is 0.296 bits per heavy atom. The van der Waals surface area contributed by atoms with Crippen molar-refractivity contribution in [1.29, 1.82) is 0 Å². The van der Waals surface area contributed by atoms with Crippen LogP contribution in [0.2, 0.25) is 0 Å². The molecule has 0 saturated heterocycles. The Kier molecular flexibility index (Phi) is 8.76. The standard InChI is InChI=1S/C65H39N5S/c1-3-16-40(17-4-1)63-66-64(45-30-32-57-51(36-45)48-24-11-13-27-55(48)69(57)47-22-5-2-6-23-47)68-65(67-63)46-31-33-58(70-56-28-14-12-25-49(56)52-34-41-18-7-9-20-43(41)38-59(52)70)53(37-46)50-26-15-29-60-62(50)54-35-42-19-8-10-21-44(42)39-61(54)71-60/h1-39H. The van der Waals surface area contributed by atoms with E-state index in [4.69, 9.17) is 15.0 Å². The zero-order valence-corrected chi connectivity index (χ0v) is 39.0. The van der Waals surface area contributed by atoms with Crippen LogP contribution in [0.5, 0.6) is 0 Å². The summed E-state index contributed by atoms with van der Waals surface area (Å²) in [5.74, 6) is 1.84. The predicted molar refractivity (Wildman–Crippen MR) is 298 cm³/mol. The van der Waals surface area contributed by atoms with Crippen LogP contribution < -0.4 is 0 Å². The van der Waals surface area contributed by atoms with Crippen molar-refractivity contribution in [3.05, 3.63) is 237 Å². The molecule has 15 rings (SSSR count). The molecular formula is C65H39N5S. The van der Waals surface area contributed by atoms with Gasteiger partial charge in [0.2, 0.25) is 0 Å². The summed E-state index contributed by atoms with van der Waals surface area (Å²) in [5.41, 5.74) is 11.8. The first-order valence-corrected chi connectivity index (χ1v) is 24.8. The van der Waals surface area contributed by atoms with Gasteiger partial charge in [0.05, 0.1) is 27.8 Å². The summed E-state index contributed by atoms with van der Waals surface area (Å²) in [6.45, 7) is 0. The Balaban J connectivity index is 1.000. The molecule has 71 heavy (non-hydrogen) atoms. The fraction of sp³-hybridized carbons (Fsp3) is 0. The van der Waals surface area contributed by atoms with Crippen molar-refractivity contribution in [2.75, 3.05) is 0 Å². The Morgan fingerprint density at radius 3 is 1.55 bits per heavy atom. The topological polar surface area (TPSA) is 48.5 Å². The molecule has 4 aromatic heterocycles. The summed E-state index contributed by atoms with van der Waals surface area (Å²) >= 11 is 1.86. The van der Waals surface area contributed by atoms with Crippen molar-refractivity contribution in [3.63, 3.8) is 0 Å². The molecule has 0 bridgehead atoms. The number of benzene rings is 11. The van der Waals surface area contributed by atoms with Crippen LogP contribution in [-0.4, -0.2) is 24.1 Å². The molecule has 330 valence electrons. The summed E-state index contributed by atoms with van der Waals surface area (Å²) in [6.07, 6.45) is 0. The van der Waals surface area contributed by atoms with Crippen molar-refractivity contribution in [1.82, 2.24) is 24.1 Å². The van der Waals surface area contributed by atoms with Gasteiger partial charge < -0.3 is 9.13 Å². The van der Waals surface area contributed by atoms with Crippen LogP contribution >= 0.6 is 11.3 Å². The minimum Gasteiger partial charge on any atom is -0.309 e. The Morgan fingerprint density at radius 2 is 0.831 bits per heavy atom. The number of aromatic nitrogens is 5. The van der Waals surface area contributed by atoms with Gasteiger partial charge in [-0.05, 0) is 118 Å². The Labute approximate surface area is 411 Å². The van der Waals surface area contributed by atoms with Gasteiger partial charge in [0, 0.05) is 69.7 Å². The van der Waals surface area contributed by atoms with Crippen molar-refractivity contribution < 1.29 is 0 Å². The van der Waals surface area contributed by atoms with Crippen molar-refractivity contribution in [3.8, 4) is 56.7 Å². The van der Waals surface area contributed by atoms with Crippen molar-refractivity contribution in [2.45, 2.75) is 0 Å². The summed E-state index contributed by atoms with van der Waals surface area (Å²) in [7, 11) is 0. The highest BCUT2D eigenvalue weighted by Gasteiger charge is 2.22. The molecule has 6 heteroatoms. The molecule has 0 aliphatic heterocycles. The van der Waals surface area contributed by atoms with Gasteiger partial charge in [-0.15, -0.1) is 11.3 Å². The fourth-order valence-electron chi connectivity index (χ4n) is 11.1. The van der Waals surface area contributed by atoms with E-state index in [-0.39, 0.29) is 0 Å². The minimum atomic E-state index is 0.607. The molecule has 15 aromatic rings. The van der Waals surface area contributed by atoms with E-state index in [2.05, 4.69) is 228 Å². The molecule has 0 fully saturated rings. The van der Waals surface area contributed by atoms with Gasteiger partial charge in [-0.2, -0.15) is 0 Å². The number of nitrogens with zero attached hydrogens (tertiary/aromatic N) is 5. The minimum absolute atomic E-state index is 0.607. The van der Waals surface area contributed by atoms with E-state index in [1.807, 2.05) is 29.5 Å². The van der Waals surface area contributed by atoms with Crippen LogP contribution in [0.25, 0.3) is 142 Å². The predicted octanol–water partition coefficient (Wildman–Crippen LogP) is 17.4. The molecule has 0 amide bonds. The lowest BCUT2D eigenvalue weighted by molar-refractivity contribution is 1.07. The normalized spacial score (nSPS) is 11.9. The summed E-state index contributed by atoms with van der Waals surface area (Å²) < 4.78 is 7.32. The lowest BCUT2D eigenvalue weighted by atomic mass is 9.95. The van der Waals surface area contributed by atoms with E-state index in [1.165, 1.54) is 57.9 Å². The molecule has 0 N–H and O–H groups in total. The van der Waals surface area contributed by atoms with Gasteiger partial charge in [-0.25, -0.2) is 15.0 Å². The first-order valence-electron chi connectivity index (χ1n) is 24.0. The lowest BCUT2D eigenvalue weighted by Crippen LogP contribution is -2.02. The second kappa shape index (κ2) is 15.7. The van der Waals surface area contributed by atoms with Gasteiger partial charge in [-0.1, -0.05) is 146 Å². The number of hydrogen-bond donors (Lipinski definition) is 0. The molecule has 11 aromatic carbocycles. The highest BCUT2D eigenvalue weighted by atomic mass is 32.1. The molecule has 0 spiro atoms. The van der Waals surface area contributed by atoms with Gasteiger partial charge in [0.1, 0.15) is 0 Å². The van der Waals surface area contributed by atoms with Crippen LogP contribution in [0, 0.1) is 0 Å². The Hall–Kier alpha value is -9.23. The van der Waals surface area contributed by atoms with Gasteiger partial charge >= 0.3 is 0 Å². The van der Waals surface area contributed by atoms with Crippen molar-refractivity contribution in [2.24, 2.45) is 0 Å². The van der Waals surface area contributed by atoms with E-state index in [9.17, 15) is 0 Å². The van der Waals surface area contributed by atoms with E-state index in [0.717, 1.165) is 66.6 Å². The second-order valence-electron chi connectivity index (χ2n) is 18.4. The van der Waals surface area contributed by atoms with Crippen LogP contribution in [0.15, 0.2) is 237 Å². The number of thiophene rings is 1. The smallest absolute Gasteiger partial charge is 0.164 e. The molecule has 0 saturated carbocycles. The molecule has 0 unspecified atom stereocenters. The number of rotatable bonds is 6. The number of hydrogen-bond acceptors (Lipinski definition) is 4. The first-order chi connectivity index (χ1) is 35.2. The quantitative estimate of drug-likeness (QED) is 0.167. The van der Waals surface area contributed by atoms with Crippen LogP contribution in [-0.2, 0) is 0 Å². The average molecular weight is 922 g/mol. The molecular weight excluding hydrogens is 883 g/mol. The maximum absolute atomic E-state index is 5.42. The lowest BCUT2D eigenvalue weighted by Gasteiger charge is -2.17. The zero-order valence-electron chi connectivity index (χ0n) is 38.2. The van der Waals surface area contributed by atoms with Gasteiger partial charge in [0.25, 0.3) is 0 Å². The SMILES string of the molecule is c1ccc(-c2nc(-c3ccc(-n4c5ccccc5c5cc6ccccc6cc54)c(-c4cccc5sc6cc7ccccc7cc6c45)c3)nc(-c3ccc4c(c3)c3ccccc3n4-c3ccccc3)n2)cc1. The van der Waals surface area contributed by atoms with E-state index < -0.39 is 0 Å². The highest BCUT2D eigenvalue weighted by molar-refractivity contribution is 7.26. The van der Waals surface area contributed by atoms with E-state index in [0.29, 0.717) is 17.5 Å². The van der Waals surface area contributed by atoms with Crippen LogP contribution in [0.4, 0.5) is 0 Å².